The molecule has 0 unspecified atom stereocenters. The Morgan fingerprint density at radius 1 is 1.50 bits per heavy atom. The molecule has 16 heavy (non-hydrogen) atoms. The lowest BCUT2D eigenvalue weighted by Crippen LogP contribution is -2.16. The van der Waals surface area contributed by atoms with Crippen LogP contribution in [-0.4, -0.2) is 16.9 Å². The summed E-state index contributed by atoms with van der Waals surface area (Å²) in [6.07, 6.45) is 1.71. The molecule has 0 aromatic carbocycles. The van der Waals surface area contributed by atoms with E-state index in [1.165, 1.54) is 0 Å². The van der Waals surface area contributed by atoms with Crippen LogP contribution in [0.5, 0.6) is 0 Å². The molecule has 0 atom stereocenters. The van der Waals surface area contributed by atoms with Crippen LogP contribution in [0.4, 0.5) is 0 Å². The molecule has 2 aromatic rings. The van der Waals surface area contributed by atoms with Gasteiger partial charge in [0.1, 0.15) is 5.76 Å². The Bertz CT molecular complexity index is 424. The van der Waals surface area contributed by atoms with Crippen LogP contribution in [0.3, 0.4) is 0 Å². The van der Waals surface area contributed by atoms with E-state index in [2.05, 4.69) is 15.3 Å². The normalized spacial score (nSPS) is 11.2. The van der Waals surface area contributed by atoms with Gasteiger partial charge < -0.3 is 10.2 Å². The summed E-state index contributed by atoms with van der Waals surface area (Å²) in [5.74, 6) is 0.943. The average molecular weight is 237 g/mol. The van der Waals surface area contributed by atoms with Crippen molar-refractivity contribution < 1.29 is 4.42 Å². The predicted octanol–water partition coefficient (Wildman–Crippen LogP) is 1.83. The third-order valence-corrected chi connectivity index (χ3v) is 2.92. The van der Waals surface area contributed by atoms with Gasteiger partial charge in [0, 0.05) is 24.0 Å². The molecular formula is C11H15N3OS. The van der Waals surface area contributed by atoms with E-state index in [0.717, 1.165) is 30.1 Å². The van der Waals surface area contributed by atoms with Gasteiger partial charge in [0.15, 0.2) is 0 Å². The fourth-order valence-electron chi connectivity index (χ4n) is 1.53. The van der Waals surface area contributed by atoms with Gasteiger partial charge in [-0.25, -0.2) is 4.98 Å². The summed E-state index contributed by atoms with van der Waals surface area (Å²) in [6, 6.07) is 2.00. The SMILES string of the molecule is CN(Cc1cscn1)Cc1cc(CN)co1. The zero-order valence-electron chi connectivity index (χ0n) is 9.22. The molecular weight excluding hydrogens is 222 g/mol. The maximum absolute atomic E-state index is 5.52. The Morgan fingerprint density at radius 2 is 2.38 bits per heavy atom. The first-order valence-corrected chi connectivity index (χ1v) is 6.04. The highest BCUT2D eigenvalue weighted by Crippen LogP contribution is 2.11. The molecule has 0 saturated carbocycles. The highest BCUT2D eigenvalue weighted by Gasteiger charge is 2.06. The van der Waals surface area contributed by atoms with E-state index in [1.807, 2.05) is 18.6 Å². The summed E-state index contributed by atoms with van der Waals surface area (Å²) in [4.78, 5) is 6.41. The third kappa shape index (κ3) is 2.91. The standard InChI is InChI=1S/C11H15N3OS/c1-14(4-10-7-16-8-13-10)5-11-2-9(3-12)6-15-11/h2,6-8H,3-5,12H2,1H3. The molecule has 2 rings (SSSR count). The quantitative estimate of drug-likeness (QED) is 0.862. The van der Waals surface area contributed by atoms with Crippen LogP contribution in [-0.2, 0) is 19.6 Å². The number of furan rings is 1. The molecule has 0 amide bonds. The van der Waals surface area contributed by atoms with E-state index in [9.17, 15) is 0 Å². The fraction of sp³-hybridized carbons (Fsp3) is 0.364. The Balaban J connectivity index is 1.89. The molecule has 86 valence electrons. The number of hydrogen-bond donors (Lipinski definition) is 1. The number of nitrogens with zero attached hydrogens (tertiary/aromatic N) is 2. The maximum atomic E-state index is 5.52. The van der Waals surface area contributed by atoms with E-state index in [-0.39, 0.29) is 0 Å². The largest absolute Gasteiger partial charge is 0.468 e. The van der Waals surface area contributed by atoms with Crippen LogP contribution in [0.15, 0.2) is 27.6 Å². The summed E-state index contributed by atoms with van der Waals surface area (Å²) >= 11 is 1.62. The van der Waals surface area contributed by atoms with Gasteiger partial charge in [0.25, 0.3) is 0 Å². The zero-order valence-corrected chi connectivity index (χ0v) is 10.0. The second kappa shape index (κ2) is 5.25. The average Bonchev–Trinajstić information content (AvgIpc) is 2.89. The molecule has 4 nitrogen and oxygen atoms in total. The van der Waals surface area contributed by atoms with Gasteiger partial charge in [-0.1, -0.05) is 0 Å². The Morgan fingerprint density at radius 3 is 3.00 bits per heavy atom. The first kappa shape index (κ1) is 11.3. The van der Waals surface area contributed by atoms with Gasteiger partial charge in [0.05, 0.1) is 24.0 Å². The minimum Gasteiger partial charge on any atom is -0.468 e. The summed E-state index contributed by atoms with van der Waals surface area (Å²) in [7, 11) is 2.05. The summed E-state index contributed by atoms with van der Waals surface area (Å²) in [6.45, 7) is 2.14. The van der Waals surface area contributed by atoms with Crippen molar-refractivity contribution >= 4 is 11.3 Å². The van der Waals surface area contributed by atoms with Gasteiger partial charge in [-0.2, -0.15) is 0 Å². The van der Waals surface area contributed by atoms with Gasteiger partial charge in [0.2, 0.25) is 0 Å². The molecule has 0 bridgehead atoms. The molecule has 0 fully saturated rings. The zero-order chi connectivity index (χ0) is 11.4. The van der Waals surface area contributed by atoms with E-state index in [0.29, 0.717) is 6.54 Å². The molecule has 0 aliphatic heterocycles. The van der Waals surface area contributed by atoms with Crippen LogP contribution in [0, 0.1) is 0 Å². The summed E-state index contributed by atoms with van der Waals surface area (Å²) < 4.78 is 5.41. The maximum Gasteiger partial charge on any atom is 0.118 e. The lowest BCUT2D eigenvalue weighted by Gasteiger charge is -2.12. The number of hydrogen-bond acceptors (Lipinski definition) is 5. The molecule has 2 heterocycles. The molecule has 2 N–H and O–H groups in total. The number of rotatable bonds is 5. The van der Waals surface area contributed by atoms with Gasteiger partial charge in [-0.05, 0) is 13.1 Å². The monoisotopic (exact) mass is 237 g/mol. The lowest BCUT2D eigenvalue weighted by atomic mass is 10.3. The van der Waals surface area contributed by atoms with Gasteiger partial charge in [-0.15, -0.1) is 11.3 Å². The smallest absolute Gasteiger partial charge is 0.118 e. The first-order valence-electron chi connectivity index (χ1n) is 5.10. The Kier molecular flexibility index (Phi) is 3.71. The third-order valence-electron chi connectivity index (χ3n) is 2.28. The number of aromatic nitrogens is 1. The van der Waals surface area contributed by atoms with Crippen molar-refractivity contribution in [1.29, 1.82) is 0 Å². The van der Waals surface area contributed by atoms with Crippen molar-refractivity contribution in [3.63, 3.8) is 0 Å². The molecule has 5 heteroatoms. The fourth-order valence-corrected chi connectivity index (χ4v) is 2.08. The Hall–Kier alpha value is -1.17. The predicted molar refractivity (Wildman–Crippen MR) is 63.9 cm³/mol. The van der Waals surface area contributed by atoms with Gasteiger partial charge in [-0.3, -0.25) is 4.90 Å². The highest BCUT2D eigenvalue weighted by atomic mass is 32.1. The Labute approximate surface area is 98.7 Å². The van der Waals surface area contributed by atoms with E-state index < -0.39 is 0 Å². The van der Waals surface area contributed by atoms with Crippen molar-refractivity contribution in [2.75, 3.05) is 7.05 Å². The van der Waals surface area contributed by atoms with Gasteiger partial charge >= 0.3 is 0 Å². The van der Waals surface area contributed by atoms with Crippen molar-refractivity contribution in [1.82, 2.24) is 9.88 Å². The minimum absolute atomic E-state index is 0.527. The highest BCUT2D eigenvalue weighted by molar-refractivity contribution is 7.07. The lowest BCUT2D eigenvalue weighted by molar-refractivity contribution is 0.285. The first-order chi connectivity index (χ1) is 7.78. The van der Waals surface area contributed by atoms with Crippen LogP contribution >= 0.6 is 11.3 Å². The van der Waals surface area contributed by atoms with Crippen molar-refractivity contribution in [2.45, 2.75) is 19.6 Å². The minimum atomic E-state index is 0.527. The van der Waals surface area contributed by atoms with Crippen molar-refractivity contribution in [3.05, 3.63) is 40.2 Å². The number of nitrogens with two attached hydrogens (primary N) is 1. The van der Waals surface area contributed by atoms with Crippen molar-refractivity contribution in [3.8, 4) is 0 Å². The van der Waals surface area contributed by atoms with E-state index in [1.54, 1.807) is 17.6 Å². The number of thiazole rings is 1. The topological polar surface area (TPSA) is 55.3 Å². The molecule has 0 radical (unpaired) electrons. The summed E-state index contributed by atoms with van der Waals surface area (Å²) in [5.41, 5.74) is 9.51. The van der Waals surface area contributed by atoms with Crippen LogP contribution in [0.25, 0.3) is 0 Å². The molecule has 2 aromatic heterocycles. The van der Waals surface area contributed by atoms with Crippen LogP contribution < -0.4 is 5.73 Å². The van der Waals surface area contributed by atoms with Crippen LogP contribution in [0.2, 0.25) is 0 Å². The molecule has 0 saturated heterocycles. The second-order valence-electron chi connectivity index (χ2n) is 3.78. The molecule has 0 aliphatic rings. The van der Waals surface area contributed by atoms with Crippen LogP contribution in [0.1, 0.15) is 17.0 Å². The van der Waals surface area contributed by atoms with E-state index in [4.69, 9.17) is 10.2 Å². The van der Waals surface area contributed by atoms with E-state index >= 15 is 0 Å². The van der Waals surface area contributed by atoms with Crippen molar-refractivity contribution in [2.24, 2.45) is 5.73 Å². The second-order valence-corrected chi connectivity index (χ2v) is 4.50. The summed E-state index contributed by atoms with van der Waals surface area (Å²) in [5, 5.41) is 2.06. The molecule has 0 spiro atoms. The molecule has 0 aliphatic carbocycles.